The van der Waals surface area contributed by atoms with Crippen LogP contribution in [0.1, 0.15) is 36.0 Å². The second-order valence-corrected chi connectivity index (χ2v) is 9.26. The van der Waals surface area contributed by atoms with Gasteiger partial charge in [0, 0.05) is 16.8 Å². The van der Waals surface area contributed by atoms with Gasteiger partial charge in [-0.15, -0.1) is 0 Å². The van der Waals surface area contributed by atoms with E-state index in [1.807, 2.05) is 0 Å². The van der Waals surface area contributed by atoms with Crippen LogP contribution in [-0.4, -0.2) is 20.4 Å². The highest BCUT2D eigenvalue weighted by atomic mass is 35.5. The number of amides is 1. The van der Waals surface area contributed by atoms with Crippen LogP contribution in [0.4, 0.5) is 5.69 Å². The molecule has 1 saturated carbocycles. The minimum Gasteiger partial charge on any atom is -0.322 e. The Labute approximate surface area is 173 Å². The Kier molecular flexibility index (Phi) is 6.33. The van der Waals surface area contributed by atoms with Crippen LogP contribution in [0.25, 0.3) is 0 Å². The molecule has 3 rings (SSSR count). The molecule has 144 valence electrons. The highest BCUT2D eigenvalue weighted by Gasteiger charge is 2.27. The van der Waals surface area contributed by atoms with Gasteiger partial charge in [-0.2, -0.15) is 0 Å². The van der Waals surface area contributed by atoms with E-state index in [2.05, 4.69) is 10.0 Å². The van der Waals surface area contributed by atoms with Crippen molar-refractivity contribution >= 4 is 56.4 Å². The van der Waals surface area contributed by atoms with Crippen molar-refractivity contribution < 1.29 is 13.2 Å². The molecule has 1 aliphatic rings. The lowest BCUT2D eigenvalue weighted by molar-refractivity contribution is 0.102. The van der Waals surface area contributed by atoms with Crippen molar-refractivity contribution in [3.05, 3.63) is 57.0 Å². The predicted octanol–water partition coefficient (Wildman–Crippen LogP) is 5.12. The fourth-order valence-electron chi connectivity index (χ4n) is 2.97. The lowest BCUT2D eigenvalue weighted by atomic mass is 10.2. The smallest absolute Gasteiger partial charge is 0.257 e. The second kappa shape index (κ2) is 8.37. The first-order valence-electron chi connectivity index (χ1n) is 8.34. The van der Waals surface area contributed by atoms with Gasteiger partial charge in [0.25, 0.3) is 5.91 Å². The Morgan fingerprint density at radius 2 is 1.59 bits per heavy atom. The highest BCUT2D eigenvalue weighted by Crippen LogP contribution is 2.30. The van der Waals surface area contributed by atoms with Gasteiger partial charge in [0.05, 0.1) is 15.6 Å². The summed E-state index contributed by atoms with van der Waals surface area (Å²) in [5.41, 5.74) is 0.520. The molecule has 0 radical (unpaired) electrons. The molecule has 0 atom stereocenters. The van der Waals surface area contributed by atoms with Crippen LogP contribution in [0.5, 0.6) is 0 Å². The number of sulfonamides is 1. The summed E-state index contributed by atoms with van der Waals surface area (Å²) in [4.78, 5) is 12.4. The zero-order chi connectivity index (χ0) is 19.6. The zero-order valence-corrected chi connectivity index (χ0v) is 17.2. The Balaban J connectivity index is 1.88. The molecular formula is C18H17Cl3N2O3S. The standard InChI is InChI=1S/C18H17Cl3N2O3S/c19-11-5-7-12(8-6-11)22-18(24)14-9-17(16(21)10-15(14)20)27(25,26)23-13-3-1-2-4-13/h5-10,13,23H,1-4H2,(H,22,24). The fourth-order valence-corrected chi connectivity index (χ4v) is 5.26. The third-order valence-corrected chi connectivity index (χ3v) is 6.88. The zero-order valence-electron chi connectivity index (χ0n) is 14.1. The predicted molar refractivity (Wildman–Crippen MR) is 108 cm³/mol. The molecular weight excluding hydrogens is 431 g/mol. The Hall–Kier alpha value is -1.31. The van der Waals surface area contributed by atoms with E-state index in [0.29, 0.717) is 10.7 Å². The first kappa shape index (κ1) is 20.4. The molecule has 0 saturated heterocycles. The summed E-state index contributed by atoms with van der Waals surface area (Å²) in [7, 11) is -3.86. The van der Waals surface area contributed by atoms with Crippen LogP contribution in [0.15, 0.2) is 41.3 Å². The van der Waals surface area contributed by atoms with Crippen molar-refractivity contribution in [1.82, 2.24) is 4.72 Å². The number of rotatable bonds is 5. The van der Waals surface area contributed by atoms with Crippen molar-refractivity contribution in [3.63, 3.8) is 0 Å². The third-order valence-electron chi connectivity index (χ3n) is 4.33. The van der Waals surface area contributed by atoms with E-state index >= 15 is 0 Å². The maximum absolute atomic E-state index is 12.7. The number of anilines is 1. The molecule has 9 heteroatoms. The second-order valence-electron chi connectivity index (χ2n) is 6.33. The number of hydrogen-bond donors (Lipinski definition) is 2. The van der Waals surface area contributed by atoms with Gasteiger partial charge in [0.1, 0.15) is 4.90 Å². The van der Waals surface area contributed by atoms with Gasteiger partial charge in [-0.3, -0.25) is 4.79 Å². The third kappa shape index (κ3) is 4.95. The van der Waals surface area contributed by atoms with E-state index in [1.54, 1.807) is 24.3 Å². The molecule has 2 aromatic rings. The number of benzene rings is 2. The van der Waals surface area contributed by atoms with Gasteiger partial charge >= 0.3 is 0 Å². The average Bonchev–Trinajstić information content (AvgIpc) is 3.08. The molecule has 2 N–H and O–H groups in total. The Bertz CT molecular complexity index is 957. The largest absolute Gasteiger partial charge is 0.322 e. The summed E-state index contributed by atoms with van der Waals surface area (Å²) in [6.07, 6.45) is 3.54. The lowest BCUT2D eigenvalue weighted by Gasteiger charge is -2.15. The quantitative estimate of drug-likeness (QED) is 0.668. The van der Waals surface area contributed by atoms with Crippen molar-refractivity contribution in [1.29, 1.82) is 0 Å². The number of nitrogens with one attached hydrogen (secondary N) is 2. The Morgan fingerprint density at radius 3 is 2.22 bits per heavy atom. The van der Waals surface area contributed by atoms with Crippen LogP contribution in [0.2, 0.25) is 15.1 Å². The van der Waals surface area contributed by atoms with Gasteiger partial charge in [0.2, 0.25) is 10.0 Å². The SMILES string of the molecule is O=C(Nc1ccc(Cl)cc1)c1cc(S(=O)(=O)NC2CCCC2)c(Cl)cc1Cl. The molecule has 5 nitrogen and oxygen atoms in total. The minimum atomic E-state index is -3.86. The van der Waals surface area contributed by atoms with E-state index in [-0.39, 0.29) is 26.5 Å². The van der Waals surface area contributed by atoms with E-state index < -0.39 is 15.9 Å². The highest BCUT2D eigenvalue weighted by molar-refractivity contribution is 7.89. The summed E-state index contributed by atoms with van der Waals surface area (Å²) >= 11 is 18.1. The molecule has 1 fully saturated rings. The molecule has 2 aromatic carbocycles. The van der Waals surface area contributed by atoms with E-state index in [9.17, 15) is 13.2 Å². The topological polar surface area (TPSA) is 75.3 Å². The van der Waals surface area contributed by atoms with Crippen LogP contribution >= 0.6 is 34.8 Å². The first-order valence-corrected chi connectivity index (χ1v) is 11.0. The molecule has 1 amide bonds. The number of hydrogen-bond acceptors (Lipinski definition) is 3. The van der Waals surface area contributed by atoms with E-state index in [4.69, 9.17) is 34.8 Å². The normalized spacial score (nSPS) is 15.1. The van der Waals surface area contributed by atoms with Crippen molar-refractivity contribution in [2.75, 3.05) is 5.32 Å². The first-order chi connectivity index (χ1) is 12.8. The van der Waals surface area contributed by atoms with Gasteiger partial charge < -0.3 is 5.32 Å². The molecule has 0 bridgehead atoms. The maximum Gasteiger partial charge on any atom is 0.257 e. The maximum atomic E-state index is 12.7. The van der Waals surface area contributed by atoms with Gasteiger partial charge in [-0.25, -0.2) is 13.1 Å². The summed E-state index contributed by atoms with van der Waals surface area (Å²) < 4.78 is 28.1. The van der Waals surface area contributed by atoms with Crippen LogP contribution in [-0.2, 0) is 10.0 Å². The van der Waals surface area contributed by atoms with Crippen molar-refractivity contribution in [2.45, 2.75) is 36.6 Å². The Morgan fingerprint density at radius 1 is 0.963 bits per heavy atom. The monoisotopic (exact) mass is 446 g/mol. The summed E-state index contributed by atoms with van der Waals surface area (Å²) in [5, 5.41) is 3.22. The lowest BCUT2D eigenvalue weighted by Crippen LogP contribution is -2.33. The molecule has 1 aliphatic carbocycles. The van der Waals surface area contributed by atoms with Crippen molar-refractivity contribution in [3.8, 4) is 0 Å². The average molecular weight is 448 g/mol. The van der Waals surface area contributed by atoms with Crippen LogP contribution in [0, 0.1) is 0 Å². The molecule has 0 unspecified atom stereocenters. The van der Waals surface area contributed by atoms with Gasteiger partial charge in [-0.05, 0) is 49.2 Å². The molecule has 0 aliphatic heterocycles. The van der Waals surface area contributed by atoms with Gasteiger partial charge in [-0.1, -0.05) is 47.6 Å². The summed E-state index contributed by atoms with van der Waals surface area (Å²) in [6.45, 7) is 0. The van der Waals surface area contributed by atoms with E-state index in [0.717, 1.165) is 25.7 Å². The van der Waals surface area contributed by atoms with Gasteiger partial charge in [0.15, 0.2) is 0 Å². The summed E-state index contributed by atoms with van der Waals surface area (Å²) in [5.74, 6) is -0.545. The summed E-state index contributed by atoms with van der Waals surface area (Å²) in [6, 6.07) is 8.86. The molecule has 0 aromatic heterocycles. The minimum absolute atomic E-state index is 0.0165. The van der Waals surface area contributed by atoms with Crippen molar-refractivity contribution in [2.24, 2.45) is 0 Å². The molecule has 0 spiro atoms. The number of carbonyl (C=O) groups excluding carboxylic acids is 1. The van der Waals surface area contributed by atoms with E-state index in [1.165, 1.54) is 12.1 Å². The van der Waals surface area contributed by atoms with Crippen LogP contribution < -0.4 is 10.0 Å². The number of carbonyl (C=O) groups is 1. The van der Waals surface area contributed by atoms with Crippen LogP contribution in [0.3, 0.4) is 0 Å². The molecule has 0 heterocycles. The fraction of sp³-hybridized carbons (Fsp3) is 0.278. The molecule has 27 heavy (non-hydrogen) atoms. The number of halogens is 3.